The number of aryl methyl sites for hydroxylation is 1. The first-order chi connectivity index (χ1) is 19.2. The largest absolute Gasteiger partial charge is 0.391 e. The average molecular weight is 581 g/mol. The number of benzene rings is 3. The normalized spacial score (nSPS) is 15.7. The maximum atomic E-state index is 13.1. The zero-order valence-corrected chi connectivity index (χ0v) is 23.7. The summed E-state index contributed by atoms with van der Waals surface area (Å²) in [6, 6.07) is 21.3. The van der Waals surface area contributed by atoms with Crippen molar-refractivity contribution >= 4 is 45.0 Å². The highest BCUT2D eigenvalue weighted by atomic mass is 32.2. The number of hydrogen-bond donors (Lipinski definition) is 4. The van der Waals surface area contributed by atoms with Crippen LogP contribution < -0.4 is 20.7 Å². The predicted octanol–water partition coefficient (Wildman–Crippen LogP) is 3.19. The number of nitrogens with one attached hydrogen (secondary N) is 4. The van der Waals surface area contributed by atoms with Gasteiger partial charge in [-0.3, -0.25) is 0 Å². The number of ether oxygens (including phenoxy) is 1. The second-order valence-electron chi connectivity index (χ2n) is 9.57. The van der Waals surface area contributed by atoms with Gasteiger partial charge in [0.25, 0.3) is 0 Å². The fraction of sp³-hybridized carbons (Fsp3) is 0.276. The monoisotopic (exact) mass is 580 g/mol. The molecule has 1 heterocycles. The molecule has 0 spiro atoms. The molecular formula is C29H32N4O5S2. The molecule has 9 nitrogen and oxygen atoms in total. The predicted molar refractivity (Wildman–Crippen MR) is 157 cm³/mol. The molecule has 0 radical (unpaired) electrons. The lowest BCUT2D eigenvalue weighted by Gasteiger charge is -2.19. The minimum absolute atomic E-state index is 0.00995. The van der Waals surface area contributed by atoms with E-state index in [1.54, 1.807) is 36.4 Å². The third-order valence-corrected chi connectivity index (χ3v) is 8.14. The molecule has 1 aliphatic rings. The van der Waals surface area contributed by atoms with Crippen molar-refractivity contribution < 1.29 is 22.7 Å². The average Bonchev–Trinajstić information content (AvgIpc) is 3.49. The van der Waals surface area contributed by atoms with Gasteiger partial charge in [-0.15, -0.1) is 0 Å². The molecule has 0 bridgehead atoms. The van der Waals surface area contributed by atoms with Crippen LogP contribution in [0.3, 0.4) is 0 Å². The molecule has 11 heteroatoms. The van der Waals surface area contributed by atoms with Crippen LogP contribution in [0.25, 0.3) is 0 Å². The van der Waals surface area contributed by atoms with Crippen LogP contribution in [0.1, 0.15) is 29.5 Å². The minimum Gasteiger partial charge on any atom is -0.391 e. The van der Waals surface area contributed by atoms with Crippen LogP contribution in [-0.2, 0) is 37.3 Å². The van der Waals surface area contributed by atoms with E-state index in [0.717, 1.165) is 23.2 Å². The zero-order chi connectivity index (χ0) is 28.5. The van der Waals surface area contributed by atoms with Gasteiger partial charge in [0, 0.05) is 12.2 Å². The second-order valence-corrected chi connectivity index (χ2v) is 11.7. The van der Waals surface area contributed by atoms with Crippen LogP contribution in [0.4, 0.5) is 5.69 Å². The Balaban J connectivity index is 1.43. The molecule has 0 aliphatic carbocycles. The Bertz CT molecular complexity index is 1420. The molecule has 4 rings (SSSR count). The van der Waals surface area contributed by atoms with E-state index in [1.807, 2.05) is 37.3 Å². The standard InChI is InChI=1S/C29H32N4O5S2/c1-20-9-15-24(16-10-20)40(36,37)33-26(28(35)38-27(34)25-8-5-17-30-25)18-21-11-13-23(14-12-21)32-29(39)31-19-22-6-3-2-4-7-22/h2-4,6-7,9-16,25-26,30,33H,5,8,17-19H2,1H3,(H2,31,32,39)/t25-,26-/m0/s1. The maximum Gasteiger partial charge on any atom is 0.332 e. The molecule has 0 saturated carbocycles. The van der Waals surface area contributed by atoms with Gasteiger partial charge in [0.05, 0.1) is 4.90 Å². The van der Waals surface area contributed by atoms with Crippen molar-refractivity contribution in [3.8, 4) is 0 Å². The molecule has 3 aromatic rings. The van der Waals surface area contributed by atoms with Crippen LogP contribution >= 0.6 is 12.2 Å². The van der Waals surface area contributed by atoms with Crippen molar-refractivity contribution in [2.24, 2.45) is 0 Å². The summed E-state index contributed by atoms with van der Waals surface area (Å²) in [5.74, 6) is -1.67. The first-order valence-corrected chi connectivity index (χ1v) is 14.8. The van der Waals surface area contributed by atoms with Gasteiger partial charge in [0.1, 0.15) is 12.1 Å². The SMILES string of the molecule is Cc1ccc(S(=O)(=O)N[C@@H](Cc2ccc(NC(=S)NCc3ccccc3)cc2)C(=O)OC(=O)[C@@H]2CCCN2)cc1. The smallest absolute Gasteiger partial charge is 0.332 e. The quantitative estimate of drug-likeness (QED) is 0.163. The van der Waals surface area contributed by atoms with Gasteiger partial charge in [0.2, 0.25) is 10.0 Å². The lowest BCUT2D eigenvalue weighted by atomic mass is 10.1. The highest BCUT2D eigenvalue weighted by Crippen LogP contribution is 2.16. The molecule has 4 N–H and O–H groups in total. The van der Waals surface area contributed by atoms with E-state index >= 15 is 0 Å². The minimum atomic E-state index is -4.07. The van der Waals surface area contributed by atoms with Crippen molar-refractivity contribution in [1.29, 1.82) is 0 Å². The Kier molecular flexibility index (Phi) is 9.99. The summed E-state index contributed by atoms with van der Waals surface area (Å²) in [4.78, 5) is 25.5. The van der Waals surface area contributed by atoms with Crippen molar-refractivity contribution in [3.05, 3.63) is 95.6 Å². The van der Waals surface area contributed by atoms with Gasteiger partial charge < -0.3 is 20.7 Å². The van der Waals surface area contributed by atoms with E-state index in [1.165, 1.54) is 12.1 Å². The van der Waals surface area contributed by atoms with E-state index in [2.05, 4.69) is 20.7 Å². The Morgan fingerprint density at radius 2 is 1.70 bits per heavy atom. The fourth-order valence-electron chi connectivity index (χ4n) is 4.19. The summed E-state index contributed by atoms with van der Waals surface area (Å²) in [7, 11) is -4.07. The molecule has 1 fully saturated rings. The van der Waals surface area contributed by atoms with Crippen LogP contribution in [0.15, 0.2) is 83.8 Å². The van der Waals surface area contributed by atoms with Gasteiger partial charge >= 0.3 is 11.9 Å². The first-order valence-electron chi connectivity index (χ1n) is 13.0. The van der Waals surface area contributed by atoms with Gasteiger partial charge in [-0.25, -0.2) is 18.0 Å². The topological polar surface area (TPSA) is 126 Å². The van der Waals surface area contributed by atoms with Gasteiger partial charge in [-0.05, 0) is 80.3 Å². The molecule has 210 valence electrons. The van der Waals surface area contributed by atoms with Gasteiger partial charge in [-0.2, -0.15) is 4.72 Å². The zero-order valence-electron chi connectivity index (χ0n) is 22.1. The number of hydrogen-bond acceptors (Lipinski definition) is 7. The van der Waals surface area contributed by atoms with E-state index in [4.69, 9.17) is 17.0 Å². The van der Waals surface area contributed by atoms with Crippen molar-refractivity contribution in [2.45, 2.75) is 49.7 Å². The number of thiocarbonyl (C=S) groups is 1. The third-order valence-electron chi connectivity index (χ3n) is 6.41. The Morgan fingerprint density at radius 3 is 2.35 bits per heavy atom. The van der Waals surface area contributed by atoms with E-state index in [-0.39, 0.29) is 11.3 Å². The molecule has 0 amide bonds. The van der Waals surface area contributed by atoms with Gasteiger partial charge in [-0.1, -0.05) is 60.2 Å². The molecule has 1 aliphatic heterocycles. The molecular weight excluding hydrogens is 548 g/mol. The van der Waals surface area contributed by atoms with Gasteiger partial charge in [0.15, 0.2) is 5.11 Å². The van der Waals surface area contributed by atoms with Crippen LogP contribution in [-0.4, -0.2) is 44.1 Å². The summed E-state index contributed by atoms with van der Waals surface area (Å²) in [6.07, 6.45) is 1.33. The molecule has 2 atom stereocenters. The Labute approximate surface area is 239 Å². The number of rotatable bonds is 10. The van der Waals surface area contributed by atoms with Crippen LogP contribution in [0.2, 0.25) is 0 Å². The van der Waals surface area contributed by atoms with Crippen LogP contribution in [0.5, 0.6) is 0 Å². The van der Waals surface area contributed by atoms with E-state index in [9.17, 15) is 18.0 Å². The number of esters is 2. The van der Waals surface area contributed by atoms with E-state index in [0.29, 0.717) is 30.2 Å². The second kappa shape index (κ2) is 13.6. The number of carbonyl (C=O) groups excluding carboxylic acids is 2. The summed E-state index contributed by atoms with van der Waals surface area (Å²) >= 11 is 5.37. The lowest BCUT2D eigenvalue weighted by molar-refractivity contribution is -0.162. The molecule has 0 aromatic heterocycles. The Morgan fingerprint density at radius 1 is 1.00 bits per heavy atom. The molecule has 0 unspecified atom stereocenters. The molecule has 3 aromatic carbocycles. The van der Waals surface area contributed by atoms with Crippen LogP contribution in [0, 0.1) is 6.92 Å². The summed E-state index contributed by atoms with van der Waals surface area (Å²) in [6.45, 7) is 3.07. The summed E-state index contributed by atoms with van der Waals surface area (Å²) in [5.41, 5.74) is 3.37. The lowest BCUT2D eigenvalue weighted by Crippen LogP contribution is -2.45. The fourth-order valence-corrected chi connectivity index (χ4v) is 5.56. The number of anilines is 1. The Hall–Kier alpha value is -3.64. The third kappa shape index (κ3) is 8.43. The number of sulfonamides is 1. The highest BCUT2D eigenvalue weighted by Gasteiger charge is 2.32. The summed E-state index contributed by atoms with van der Waals surface area (Å²) in [5, 5.41) is 9.67. The van der Waals surface area contributed by atoms with E-state index < -0.39 is 34.0 Å². The maximum absolute atomic E-state index is 13.1. The summed E-state index contributed by atoms with van der Waals surface area (Å²) < 4.78 is 33.7. The first kappa shape index (κ1) is 29.3. The highest BCUT2D eigenvalue weighted by molar-refractivity contribution is 7.89. The molecule has 1 saturated heterocycles. The van der Waals surface area contributed by atoms with Crippen molar-refractivity contribution in [2.75, 3.05) is 11.9 Å². The number of carbonyl (C=O) groups is 2. The van der Waals surface area contributed by atoms with Crippen molar-refractivity contribution in [3.63, 3.8) is 0 Å². The van der Waals surface area contributed by atoms with Crippen molar-refractivity contribution in [1.82, 2.24) is 15.4 Å². The molecule has 40 heavy (non-hydrogen) atoms.